The number of halogens is 1. The summed E-state index contributed by atoms with van der Waals surface area (Å²) in [5.74, 6) is -0.985. The van der Waals surface area contributed by atoms with Gasteiger partial charge in [-0.3, -0.25) is 10.1 Å². The molecule has 1 aliphatic heterocycles. The second-order valence-electron chi connectivity index (χ2n) is 6.58. The third kappa shape index (κ3) is 4.55. The lowest BCUT2D eigenvalue weighted by Crippen LogP contribution is -2.08. The Kier molecular flexibility index (Phi) is 5.78. The fourth-order valence-electron chi connectivity index (χ4n) is 2.86. The van der Waals surface area contributed by atoms with E-state index in [-0.39, 0.29) is 28.6 Å². The molecule has 0 fully saturated rings. The Hall–Kier alpha value is -4.30. The van der Waals surface area contributed by atoms with Gasteiger partial charge in [0.25, 0.3) is 5.69 Å². The molecule has 0 amide bonds. The third-order valence-corrected chi connectivity index (χ3v) is 4.74. The fraction of sp³-hybridized carbons (Fsp3) is 0. The van der Waals surface area contributed by atoms with Gasteiger partial charge in [-0.25, -0.2) is 14.6 Å². The van der Waals surface area contributed by atoms with E-state index >= 15 is 0 Å². The van der Waals surface area contributed by atoms with Crippen LogP contribution in [-0.2, 0) is 9.53 Å². The monoisotopic (exact) mass is 448 g/mol. The second kappa shape index (κ2) is 8.83. The summed E-state index contributed by atoms with van der Waals surface area (Å²) in [6, 6.07) is 18.4. The largest absolute Gasteiger partial charge is 0.423 e. The molecule has 32 heavy (non-hydrogen) atoms. The van der Waals surface area contributed by atoms with Crippen molar-refractivity contribution in [3.8, 4) is 5.75 Å². The first-order chi connectivity index (χ1) is 15.4. The second-order valence-corrected chi connectivity index (χ2v) is 6.99. The quantitative estimate of drug-likeness (QED) is 0.182. The van der Waals surface area contributed by atoms with Crippen molar-refractivity contribution >= 4 is 41.2 Å². The molecule has 0 atom stereocenters. The van der Waals surface area contributed by atoms with Crippen LogP contribution in [0.4, 0.5) is 5.69 Å². The number of nitro groups is 1. The highest BCUT2D eigenvalue weighted by atomic mass is 35.5. The van der Waals surface area contributed by atoms with E-state index in [0.29, 0.717) is 16.1 Å². The van der Waals surface area contributed by atoms with Crippen molar-refractivity contribution < 1.29 is 24.0 Å². The van der Waals surface area contributed by atoms with Crippen molar-refractivity contribution in [3.05, 3.63) is 110 Å². The Morgan fingerprint density at radius 1 is 1.06 bits per heavy atom. The average Bonchev–Trinajstić information content (AvgIpc) is 3.15. The summed E-state index contributed by atoms with van der Waals surface area (Å²) in [5, 5.41) is 11.3. The van der Waals surface area contributed by atoms with E-state index in [2.05, 4.69) is 4.99 Å². The first-order valence-corrected chi connectivity index (χ1v) is 9.63. The first-order valence-electron chi connectivity index (χ1n) is 9.25. The van der Waals surface area contributed by atoms with E-state index in [9.17, 15) is 19.7 Å². The number of non-ortho nitro benzene ring substituents is 1. The highest BCUT2D eigenvalue weighted by molar-refractivity contribution is 6.34. The Morgan fingerprint density at radius 3 is 2.53 bits per heavy atom. The SMILES string of the molecule is O=C1OC(c2ccccc2Cl)=N/C1=C/c1ccc(OC(=O)c2cccc([N+](=O)[O-])c2)cc1. The lowest BCUT2D eigenvalue weighted by Gasteiger charge is -2.04. The number of hydrogen-bond acceptors (Lipinski definition) is 7. The highest BCUT2D eigenvalue weighted by Gasteiger charge is 2.25. The Balaban J connectivity index is 1.49. The van der Waals surface area contributed by atoms with Crippen LogP contribution >= 0.6 is 11.6 Å². The zero-order chi connectivity index (χ0) is 22.7. The zero-order valence-corrected chi connectivity index (χ0v) is 17.0. The van der Waals surface area contributed by atoms with E-state index < -0.39 is 16.9 Å². The summed E-state index contributed by atoms with van der Waals surface area (Å²) in [6.45, 7) is 0. The van der Waals surface area contributed by atoms with Crippen LogP contribution in [0.1, 0.15) is 21.5 Å². The maximum Gasteiger partial charge on any atom is 0.363 e. The minimum Gasteiger partial charge on any atom is -0.423 e. The number of nitro benzene ring substituents is 1. The Morgan fingerprint density at radius 2 is 1.81 bits per heavy atom. The average molecular weight is 449 g/mol. The minimum absolute atomic E-state index is 0.0561. The van der Waals surface area contributed by atoms with Crippen LogP contribution in [0, 0.1) is 10.1 Å². The van der Waals surface area contributed by atoms with Gasteiger partial charge in [0.05, 0.1) is 21.1 Å². The Labute approximate surface area is 186 Å². The van der Waals surface area contributed by atoms with Crippen LogP contribution in [0.5, 0.6) is 5.75 Å². The maximum atomic E-state index is 12.2. The van der Waals surface area contributed by atoms with Gasteiger partial charge in [0.2, 0.25) is 5.90 Å². The summed E-state index contributed by atoms with van der Waals surface area (Å²) in [6.07, 6.45) is 1.53. The molecule has 0 saturated carbocycles. The van der Waals surface area contributed by atoms with E-state index in [4.69, 9.17) is 21.1 Å². The molecule has 0 aromatic heterocycles. The summed E-state index contributed by atoms with van der Waals surface area (Å²) in [4.78, 5) is 38.9. The smallest absolute Gasteiger partial charge is 0.363 e. The number of cyclic esters (lactones) is 1. The summed E-state index contributed by atoms with van der Waals surface area (Å²) >= 11 is 6.12. The van der Waals surface area contributed by atoms with Crippen LogP contribution in [0.25, 0.3) is 6.08 Å². The highest BCUT2D eigenvalue weighted by Crippen LogP contribution is 2.24. The van der Waals surface area contributed by atoms with Gasteiger partial charge in [-0.2, -0.15) is 0 Å². The number of rotatable bonds is 5. The number of hydrogen-bond donors (Lipinski definition) is 0. The molecule has 8 nitrogen and oxygen atoms in total. The molecule has 4 rings (SSSR count). The van der Waals surface area contributed by atoms with Crippen LogP contribution < -0.4 is 4.74 Å². The number of carbonyl (C=O) groups excluding carboxylic acids is 2. The van der Waals surface area contributed by atoms with Crippen LogP contribution in [0.15, 0.2) is 83.5 Å². The van der Waals surface area contributed by atoms with Crippen molar-refractivity contribution in [2.24, 2.45) is 4.99 Å². The molecule has 1 heterocycles. The van der Waals surface area contributed by atoms with E-state index in [1.165, 1.54) is 36.4 Å². The van der Waals surface area contributed by atoms with Crippen molar-refractivity contribution in [1.29, 1.82) is 0 Å². The molecule has 0 bridgehead atoms. The normalized spacial score (nSPS) is 14.1. The van der Waals surface area contributed by atoms with E-state index in [0.717, 1.165) is 6.07 Å². The molecular formula is C23H13ClN2O6. The summed E-state index contributed by atoms with van der Waals surface area (Å²) < 4.78 is 10.5. The van der Waals surface area contributed by atoms with E-state index in [1.54, 1.807) is 36.4 Å². The van der Waals surface area contributed by atoms with Gasteiger partial charge < -0.3 is 9.47 Å². The lowest BCUT2D eigenvalue weighted by atomic mass is 10.2. The van der Waals surface area contributed by atoms with Gasteiger partial charge in [0.1, 0.15) is 5.75 Å². The molecule has 0 radical (unpaired) electrons. The molecule has 0 aliphatic carbocycles. The van der Waals surface area contributed by atoms with Gasteiger partial charge in [-0.1, -0.05) is 41.9 Å². The van der Waals surface area contributed by atoms with Crippen molar-refractivity contribution in [2.45, 2.75) is 0 Å². The fourth-order valence-corrected chi connectivity index (χ4v) is 3.08. The van der Waals surface area contributed by atoms with Crippen LogP contribution in [-0.4, -0.2) is 22.8 Å². The standard InChI is InChI=1S/C23H13ClN2O6/c24-19-7-2-1-6-18(19)21-25-20(23(28)32-21)12-14-8-10-17(11-9-14)31-22(27)15-4-3-5-16(13-15)26(29)30/h1-13H/b20-12+. The van der Waals surface area contributed by atoms with Crippen LogP contribution in [0.3, 0.4) is 0 Å². The number of benzene rings is 3. The van der Waals surface area contributed by atoms with Crippen molar-refractivity contribution in [1.82, 2.24) is 0 Å². The lowest BCUT2D eigenvalue weighted by molar-refractivity contribution is -0.384. The van der Waals surface area contributed by atoms with Gasteiger partial charge >= 0.3 is 11.9 Å². The predicted octanol–water partition coefficient (Wildman–Crippen LogP) is 4.81. The number of nitrogens with zero attached hydrogens (tertiary/aromatic N) is 2. The van der Waals surface area contributed by atoms with Gasteiger partial charge in [0.15, 0.2) is 5.70 Å². The van der Waals surface area contributed by atoms with Gasteiger partial charge in [0, 0.05) is 12.1 Å². The molecular weight excluding hydrogens is 436 g/mol. The number of esters is 2. The van der Waals surface area contributed by atoms with Crippen molar-refractivity contribution in [2.75, 3.05) is 0 Å². The topological polar surface area (TPSA) is 108 Å². The molecule has 0 unspecified atom stereocenters. The van der Waals surface area contributed by atoms with E-state index in [1.807, 2.05) is 0 Å². The Bertz CT molecular complexity index is 1300. The molecule has 3 aromatic carbocycles. The molecule has 0 saturated heterocycles. The van der Waals surface area contributed by atoms with Crippen LogP contribution in [0.2, 0.25) is 5.02 Å². The maximum absolute atomic E-state index is 12.2. The zero-order valence-electron chi connectivity index (χ0n) is 16.2. The molecule has 9 heteroatoms. The third-order valence-electron chi connectivity index (χ3n) is 4.41. The summed E-state index contributed by atoms with van der Waals surface area (Å²) in [7, 11) is 0. The first kappa shape index (κ1) is 21.0. The van der Waals surface area contributed by atoms with Gasteiger partial charge in [-0.15, -0.1) is 0 Å². The molecule has 3 aromatic rings. The van der Waals surface area contributed by atoms with Gasteiger partial charge in [-0.05, 0) is 42.0 Å². The summed E-state index contributed by atoms with van der Waals surface area (Å²) in [5.41, 5.74) is 1.08. The minimum atomic E-state index is -0.729. The number of ether oxygens (including phenoxy) is 2. The number of carbonyl (C=O) groups is 2. The number of aliphatic imine (C=N–C) groups is 1. The van der Waals surface area contributed by atoms with Crippen molar-refractivity contribution in [3.63, 3.8) is 0 Å². The predicted molar refractivity (Wildman–Crippen MR) is 117 cm³/mol. The molecule has 1 aliphatic rings. The molecule has 0 spiro atoms. The molecule has 0 N–H and O–H groups in total. The molecule has 158 valence electrons.